The summed E-state index contributed by atoms with van der Waals surface area (Å²) >= 11 is 0. The molecule has 0 bridgehead atoms. The summed E-state index contributed by atoms with van der Waals surface area (Å²) in [6.45, 7) is 6.61. The molecular weight excluding hydrogens is 534 g/mol. The Morgan fingerprint density at radius 3 is 1.76 bits per heavy atom. The first-order valence-corrected chi connectivity index (χ1v) is 14.4. The highest BCUT2D eigenvalue weighted by molar-refractivity contribution is 5.73. The SMILES string of the molecule is CCCC(=O)OC[C@@H]1[C@@H](OC(=O)CCC)[C@H](OC(=O)CCC)[C@@H](OC(=O)CCC)CN1C(=O)OCc1ccccc1. The fourth-order valence-electron chi connectivity index (χ4n) is 4.35. The summed E-state index contributed by atoms with van der Waals surface area (Å²) in [6, 6.07) is 7.97. The van der Waals surface area contributed by atoms with Crippen LogP contribution in [-0.4, -0.2) is 72.4 Å². The van der Waals surface area contributed by atoms with Gasteiger partial charge >= 0.3 is 30.0 Å². The number of hydrogen-bond acceptors (Lipinski definition) is 10. The number of ether oxygens (including phenoxy) is 5. The van der Waals surface area contributed by atoms with Gasteiger partial charge in [0, 0.05) is 25.7 Å². The molecule has 2 rings (SSSR count). The monoisotopic (exact) mass is 577 g/mol. The van der Waals surface area contributed by atoms with Crippen LogP contribution in [0.25, 0.3) is 0 Å². The zero-order valence-electron chi connectivity index (χ0n) is 24.5. The number of rotatable bonds is 15. The topological polar surface area (TPSA) is 135 Å². The highest BCUT2D eigenvalue weighted by atomic mass is 16.6. The first kappa shape index (κ1) is 33.6. The minimum Gasteiger partial charge on any atom is -0.463 e. The lowest BCUT2D eigenvalue weighted by molar-refractivity contribution is -0.207. The second-order valence-corrected chi connectivity index (χ2v) is 9.88. The van der Waals surface area contributed by atoms with Crippen LogP contribution in [0.5, 0.6) is 0 Å². The average molecular weight is 578 g/mol. The van der Waals surface area contributed by atoms with Crippen molar-refractivity contribution in [2.75, 3.05) is 13.2 Å². The normalized spacial score (nSPS) is 20.0. The molecule has 1 amide bonds. The van der Waals surface area contributed by atoms with Gasteiger partial charge in [0.15, 0.2) is 18.3 Å². The molecular formula is C30H43NO10. The van der Waals surface area contributed by atoms with Crippen molar-refractivity contribution >= 4 is 30.0 Å². The standard InChI is InChI=1S/C30H43NO10/c1-5-12-24(32)37-20-22-28(40-26(34)14-7-3)29(41-27(35)15-8-4)23(39-25(33)13-6-2)18-31(22)30(36)38-19-21-16-10-9-11-17-21/h9-11,16-17,22-23,28-29H,5-8,12-15,18-20H2,1-4H3/t22-,23+,28-,29-/m1/s1. The zero-order valence-corrected chi connectivity index (χ0v) is 24.5. The molecule has 1 heterocycles. The Morgan fingerprint density at radius 2 is 1.20 bits per heavy atom. The number of carbonyl (C=O) groups is 5. The fourth-order valence-corrected chi connectivity index (χ4v) is 4.35. The fraction of sp³-hybridized carbons (Fsp3) is 0.633. The minimum atomic E-state index is -1.29. The van der Waals surface area contributed by atoms with Gasteiger partial charge in [0.2, 0.25) is 0 Å². The Balaban J connectivity index is 2.49. The summed E-state index contributed by atoms with van der Waals surface area (Å²) < 4.78 is 28.3. The number of esters is 4. The summed E-state index contributed by atoms with van der Waals surface area (Å²) in [6.07, 6.45) is -2.02. The van der Waals surface area contributed by atoms with Crippen LogP contribution in [-0.2, 0) is 49.5 Å². The Morgan fingerprint density at radius 1 is 0.683 bits per heavy atom. The lowest BCUT2D eigenvalue weighted by atomic mass is 9.93. The van der Waals surface area contributed by atoms with Gasteiger partial charge < -0.3 is 23.7 Å². The molecule has 0 aromatic heterocycles. The Bertz CT molecular complexity index is 998. The van der Waals surface area contributed by atoms with E-state index in [-0.39, 0.29) is 45.4 Å². The summed E-state index contributed by atoms with van der Waals surface area (Å²) in [5.74, 6) is -2.23. The number of hydrogen-bond donors (Lipinski definition) is 0. The van der Waals surface area contributed by atoms with Gasteiger partial charge in [-0.05, 0) is 31.2 Å². The lowest BCUT2D eigenvalue weighted by Crippen LogP contribution is -2.67. The molecule has 11 nitrogen and oxygen atoms in total. The van der Waals surface area contributed by atoms with Gasteiger partial charge in [-0.1, -0.05) is 58.0 Å². The van der Waals surface area contributed by atoms with Crippen LogP contribution in [0.4, 0.5) is 4.79 Å². The third kappa shape index (κ3) is 11.0. The number of likely N-dealkylation sites (tertiary alicyclic amines) is 1. The number of benzene rings is 1. The third-order valence-corrected chi connectivity index (χ3v) is 6.34. The highest BCUT2D eigenvalue weighted by Crippen LogP contribution is 2.29. The molecule has 0 aliphatic carbocycles. The molecule has 0 saturated carbocycles. The number of piperidine rings is 1. The largest absolute Gasteiger partial charge is 0.463 e. The number of amides is 1. The van der Waals surface area contributed by atoms with E-state index in [2.05, 4.69) is 0 Å². The van der Waals surface area contributed by atoms with Crippen molar-refractivity contribution in [1.29, 1.82) is 0 Å². The van der Waals surface area contributed by atoms with Crippen LogP contribution in [0.3, 0.4) is 0 Å². The molecule has 1 saturated heterocycles. The van der Waals surface area contributed by atoms with Crippen LogP contribution in [0.2, 0.25) is 0 Å². The second-order valence-electron chi connectivity index (χ2n) is 9.88. The summed E-state index contributed by atoms with van der Waals surface area (Å²) in [7, 11) is 0. The van der Waals surface area contributed by atoms with Crippen molar-refractivity contribution in [1.82, 2.24) is 4.90 Å². The molecule has 0 radical (unpaired) electrons. The van der Waals surface area contributed by atoms with Gasteiger partial charge in [0.05, 0.1) is 6.54 Å². The third-order valence-electron chi connectivity index (χ3n) is 6.34. The van der Waals surface area contributed by atoms with E-state index in [4.69, 9.17) is 23.7 Å². The van der Waals surface area contributed by atoms with E-state index in [0.29, 0.717) is 25.7 Å². The van der Waals surface area contributed by atoms with Gasteiger partial charge in [0.25, 0.3) is 0 Å². The molecule has 4 atom stereocenters. The van der Waals surface area contributed by atoms with Gasteiger partial charge in [0.1, 0.15) is 19.3 Å². The summed E-state index contributed by atoms with van der Waals surface area (Å²) in [4.78, 5) is 65.0. The Kier molecular flexibility index (Phi) is 14.7. The van der Waals surface area contributed by atoms with Crippen molar-refractivity contribution in [3.63, 3.8) is 0 Å². The maximum absolute atomic E-state index is 13.5. The Hall–Kier alpha value is -3.63. The predicted octanol–water partition coefficient (Wildman–Crippen LogP) is 4.49. The smallest absolute Gasteiger partial charge is 0.410 e. The van der Waals surface area contributed by atoms with Crippen molar-refractivity contribution in [2.24, 2.45) is 0 Å². The van der Waals surface area contributed by atoms with Crippen LogP contribution < -0.4 is 0 Å². The lowest BCUT2D eigenvalue weighted by Gasteiger charge is -2.46. The molecule has 1 aliphatic rings. The predicted molar refractivity (Wildman–Crippen MR) is 147 cm³/mol. The molecule has 1 aliphatic heterocycles. The maximum Gasteiger partial charge on any atom is 0.410 e. The minimum absolute atomic E-state index is 0.0476. The average Bonchev–Trinajstić information content (AvgIpc) is 2.93. The van der Waals surface area contributed by atoms with E-state index in [1.165, 1.54) is 4.90 Å². The van der Waals surface area contributed by atoms with Crippen molar-refractivity contribution in [3.05, 3.63) is 35.9 Å². The molecule has 1 aromatic rings. The van der Waals surface area contributed by atoms with E-state index in [0.717, 1.165) is 5.56 Å². The van der Waals surface area contributed by atoms with E-state index in [9.17, 15) is 24.0 Å². The highest BCUT2D eigenvalue weighted by Gasteiger charge is 2.52. The van der Waals surface area contributed by atoms with Crippen LogP contribution in [0, 0.1) is 0 Å². The molecule has 228 valence electrons. The molecule has 0 N–H and O–H groups in total. The molecule has 11 heteroatoms. The van der Waals surface area contributed by atoms with Gasteiger partial charge in [-0.15, -0.1) is 0 Å². The van der Waals surface area contributed by atoms with Crippen molar-refractivity contribution in [3.8, 4) is 0 Å². The van der Waals surface area contributed by atoms with Crippen LogP contribution in [0.1, 0.15) is 84.6 Å². The molecule has 41 heavy (non-hydrogen) atoms. The molecule has 0 unspecified atom stereocenters. The zero-order chi connectivity index (χ0) is 30.2. The van der Waals surface area contributed by atoms with Gasteiger partial charge in [-0.3, -0.25) is 24.1 Å². The number of nitrogens with zero attached hydrogens (tertiary/aromatic N) is 1. The number of carbonyl (C=O) groups excluding carboxylic acids is 5. The quantitative estimate of drug-likeness (QED) is 0.217. The first-order chi connectivity index (χ1) is 19.7. The maximum atomic E-state index is 13.5. The van der Waals surface area contributed by atoms with Gasteiger partial charge in [-0.25, -0.2) is 4.79 Å². The van der Waals surface area contributed by atoms with E-state index >= 15 is 0 Å². The van der Waals surface area contributed by atoms with Gasteiger partial charge in [-0.2, -0.15) is 0 Å². The first-order valence-electron chi connectivity index (χ1n) is 14.4. The van der Waals surface area contributed by atoms with Crippen LogP contribution in [0.15, 0.2) is 30.3 Å². The van der Waals surface area contributed by atoms with Crippen molar-refractivity contribution < 1.29 is 47.7 Å². The molecule has 1 aromatic carbocycles. The van der Waals surface area contributed by atoms with Crippen LogP contribution >= 0.6 is 0 Å². The summed E-state index contributed by atoms with van der Waals surface area (Å²) in [5, 5.41) is 0. The second kappa shape index (κ2) is 17.9. The van der Waals surface area contributed by atoms with E-state index < -0.39 is 54.3 Å². The van der Waals surface area contributed by atoms with E-state index in [1.54, 1.807) is 26.0 Å². The van der Waals surface area contributed by atoms with E-state index in [1.807, 2.05) is 32.0 Å². The molecule has 1 fully saturated rings. The Labute approximate surface area is 241 Å². The van der Waals surface area contributed by atoms with Crippen molar-refractivity contribution in [2.45, 2.75) is 110 Å². The molecule has 0 spiro atoms. The summed E-state index contributed by atoms with van der Waals surface area (Å²) in [5.41, 5.74) is 0.743.